The van der Waals surface area contributed by atoms with E-state index in [1.807, 2.05) is 0 Å². The number of benzene rings is 1. The number of aliphatic hydroxyl groups excluding tert-OH is 2. The second-order valence-corrected chi connectivity index (χ2v) is 9.20. The Morgan fingerprint density at radius 3 is 1.95 bits per heavy atom. The molecule has 0 heterocycles. The Bertz CT molecular complexity index is 711. The third kappa shape index (κ3) is 3.73. The molecule has 0 spiro atoms. The van der Waals surface area contributed by atoms with Gasteiger partial charge in [-0.05, 0) is 17.7 Å². The van der Waals surface area contributed by atoms with Crippen molar-refractivity contribution in [2.45, 2.75) is 24.7 Å². The van der Waals surface area contributed by atoms with Crippen molar-refractivity contribution in [2.24, 2.45) is 0 Å². The van der Waals surface area contributed by atoms with Crippen molar-refractivity contribution in [3.8, 4) is 0 Å². The molecule has 0 aliphatic carbocycles. The van der Waals surface area contributed by atoms with Crippen LogP contribution in [0, 0.1) is 0 Å². The Kier molecular flexibility index (Phi) is 5.37. The van der Waals surface area contributed by atoms with E-state index >= 15 is 0 Å². The van der Waals surface area contributed by atoms with E-state index in [-0.39, 0.29) is 28.3 Å². The maximum absolute atomic E-state index is 11.7. The molecule has 1 aromatic carbocycles. The van der Waals surface area contributed by atoms with Crippen LogP contribution in [0.2, 0.25) is 0 Å². The van der Waals surface area contributed by atoms with Gasteiger partial charge in [0.2, 0.25) is 0 Å². The molecule has 0 aliphatic rings. The Morgan fingerprint density at radius 1 is 1.00 bits per heavy atom. The SMILES string of the molecule is CCS(=O)(=O)C(O)c1ccc(N)c(C(O)S(=O)(=O)CC)c1. The first kappa shape index (κ1) is 17.9. The first-order valence-electron chi connectivity index (χ1n) is 6.25. The molecule has 2 unspecified atom stereocenters. The van der Waals surface area contributed by atoms with E-state index < -0.39 is 30.5 Å². The molecule has 1 rings (SSSR count). The lowest BCUT2D eigenvalue weighted by molar-refractivity contribution is 0.249. The largest absolute Gasteiger partial charge is 0.398 e. The number of nitrogen functional groups attached to an aromatic ring is 1. The van der Waals surface area contributed by atoms with Gasteiger partial charge in [-0.25, -0.2) is 16.8 Å². The van der Waals surface area contributed by atoms with E-state index in [4.69, 9.17) is 5.73 Å². The molecule has 0 saturated carbocycles. The molecule has 7 nitrogen and oxygen atoms in total. The van der Waals surface area contributed by atoms with E-state index in [0.717, 1.165) is 6.07 Å². The van der Waals surface area contributed by atoms with Gasteiger partial charge in [0, 0.05) is 11.3 Å². The lowest BCUT2D eigenvalue weighted by Crippen LogP contribution is -2.18. The van der Waals surface area contributed by atoms with Gasteiger partial charge >= 0.3 is 0 Å². The average molecular weight is 337 g/mol. The van der Waals surface area contributed by atoms with Crippen molar-refractivity contribution in [2.75, 3.05) is 17.2 Å². The van der Waals surface area contributed by atoms with Crippen LogP contribution < -0.4 is 5.73 Å². The van der Waals surface area contributed by atoms with E-state index in [0.29, 0.717) is 0 Å². The van der Waals surface area contributed by atoms with Gasteiger partial charge in [-0.2, -0.15) is 0 Å². The van der Waals surface area contributed by atoms with Crippen LogP contribution in [0.3, 0.4) is 0 Å². The summed E-state index contributed by atoms with van der Waals surface area (Å²) >= 11 is 0. The Labute approximate surface area is 124 Å². The Morgan fingerprint density at radius 2 is 1.48 bits per heavy atom. The van der Waals surface area contributed by atoms with Gasteiger partial charge < -0.3 is 15.9 Å². The van der Waals surface area contributed by atoms with E-state index in [2.05, 4.69) is 0 Å². The highest BCUT2D eigenvalue weighted by Crippen LogP contribution is 2.30. The number of anilines is 1. The number of sulfone groups is 2. The van der Waals surface area contributed by atoms with Gasteiger partial charge in [-0.15, -0.1) is 0 Å². The minimum Gasteiger partial charge on any atom is -0.398 e. The van der Waals surface area contributed by atoms with Crippen molar-refractivity contribution < 1.29 is 27.0 Å². The molecule has 0 bridgehead atoms. The summed E-state index contributed by atoms with van der Waals surface area (Å²) in [4.78, 5) is 0. The minimum atomic E-state index is -3.81. The second-order valence-electron chi connectivity index (χ2n) is 4.50. The highest BCUT2D eigenvalue weighted by atomic mass is 32.2. The quantitative estimate of drug-likeness (QED) is 0.627. The summed E-state index contributed by atoms with van der Waals surface area (Å²) in [6.07, 6.45) is 0. The Balaban J connectivity index is 3.36. The molecule has 0 fully saturated rings. The lowest BCUT2D eigenvalue weighted by atomic mass is 10.1. The van der Waals surface area contributed by atoms with Gasteiger partial charge in [0.15, 0.2) is 30.5 Å². The van der Waals surface area contributed by atoms with Crippen molar-refractivity contribution >= 4 is 25.4 Å². The molecule has 0 radical (unpaired) electrons. The summed E-state index contributed by atoms with van der Waals surface area (Å²) in [6.45, 7) is 2.75. The molecule has 0 aromatic heterocycles. The van der Waals surface area contributed by atoms with Crippen LogP contribution in [0.25, 0.3) is 0 Å². The summed E-state index contributed by atoms with van der Waals surface area (Å²) in [7, 11) is -7.58. The summed E-state index contributed by atoms with van der Waals surface area (Å²) in [6, 6.07) is 3.64. The summed E-state index contributed by atoms with van der Waals surface area (Å²) in [5.41, 5.74) is 1.80. The molecular weight excluding hydrogens is 318 g/mol. The zero-order valence-electron chi connectivity index (χ0n) is 11.7. The second kappa shape index (κ2) is 6.30. The zero-order valence-corrected chi connectivity index (χ0v) is 13.4. The van der Waals surface area contributed by atoms with Gasteiger partial charge in [0.05, 0.1) is 11.5 Å². The smallest absolute Gasteiger partial charge is 0.182 e. The number of hydrogen-bond donors (Lipinski definition) is 3. The lowest BCUT2D eigenvalue weighted by Gasteiger charge is -2.17. The fourth-order valence-electron chi connectivity index (χ4n) is 1.68. The standard InChI is InChI=1S/C12H19NO6S2/c1-3-20(16,17)11(14)8-5-6-10(13)9(7-8)12(15)21(18,19)4-2/h5-7,11-12,14-15H,3-4,13H2,1-2H3. The predicted molar refractivity (Wildman–Crippen MR) is 79.7 cm³/mol. The van der Waals surface area contributed by atoms with Crippen molar-refractivity contribution in [3.05, 3.63) is 29.3 Å². The van der Waals surface area contributed by atoms with E-state index in [1.54, 1.807) is 0 Å². The predicted octanol–water partition coefficient (Wildman–Crippen LogP) is 0.120. The van der Waals surface area contributed by atoms with Crippen LogP contribution >= 0.6 is 0 Å². The van der Waals surface area contributed by atoms with Crippen LogP contribution in [-0.2, 0) is 19.7 Å². The fraction of sp³-hybridized carbons (Fsp3) is 0.500. The van der Waals surface area contributed by atoms with Crippen LogP contribution in [0.15, 0.2) is 18.2 Å². The van der Waals surface area contributed by atoms with Gasteiger partial charge in [0.25, 0.3) is 0 Å². The van der Waals surface area contributed by atoms with Crippen molar-refractivity contribution in [1.29, 1.82) is 0 Å². The van der Waals surface area contributed by atoms with E-state index in [9.17, 15) is 27.0 Å². The van der Waals surface area contributed by atoms with Crippen LogP contribution in [0.1, 0.15) is 35.8 Å². The molecule has 4 N–H and O–H groups in total. The maximum atomic E-state index is 11.7. The van der Waals surface area contributed by atoms with E-state index in [1.165, 1.54) is 26.0 Å². The zero-order chi connectivity index (χ0) is 16.4. The molecule has 21 heavy (non-hydrogen) atoms. The summed E-state index contributed by atoms with van der Waals surface area (Å²) in [5, 5.41) is 19.7. The molecule has 0 saturated heterocycles. The number of hydrogen-bond acceptors (Lipinski definition) is 7. The normalized spacial score (nSPS) is 15.6. The minimum absolute atomic E-state index is 0.00405. The van der Waals surface area contributed by atoms with Crippen LogP contribution in [0.4, 0.5) is 5.69 Å². The number of rotatable bonds is 6. The first-order chi connectivity index (χ1) is 9.56. The number of aliphatic hydroxyl groups is 2. The highest BCUT2D eigenvalue weighted by molar-refractivity contribution is 7.91. The van der Waals surface area contributed by atoms with Crippen molar-refractivity contribution in [3.63, 3.8) is 0 Å². The molecule has 2 atom stereocenters. The van der Waals surface area contributed by atoms with Crippen molar-refractivity contribution in [1.82, 2.24) is 0 Å². The van der Waals surface area contributed by atoms with Crippen LogP contribution in [-0.4, -0.2) is 38.6 Å². The van der Waals surface area contributed by atoms with Gasteiger partial charge in [0.1, 0.15) is 0 Å². The molecule has 120 valence electrons. The summed E-state index contributed by atoms with van der Waals surface area (Å²) < 4.78 is 46.7. The monoisotopic (exact) mass is 337 g/mol. The fourth-order valence-corrected chi connectivity index (χ4v) is 3.46. The van der Waals surface area contributed by atoms with Gasteiger partial charge in [-0.1, -0.05) is 19.9 Å². The molecule has 1 aromatic rings. The topological polar surface area (TPSA) is 135 Å². The first-order valence-corrected chi connectivity index (χ1v) is 9.68. The van der Waals surface area contributed by atoms with Crippen LogP contribution in [0.5, 0.6) is 0 Å². The molecule has 9 heteroatoms. The number of nitrogens with two attached hydrogens (primary N) is 1. The summed E-state index contributed by atoms with van der Waals surface area (Å²) in [5.74, 6) is -0.572. The third-order valence-corrected chi connectivity index (χ3v) is 6.64. The third-order valence-electron chi connectivity index (χ3n) is 3.15. The maximum Gasteiger partial charge on any atom is 0.182 e. The Hall–Kier alpha value is -1.16. The molecule has 0 aliphatic heterocycles. The molecular formula is C12H19NO6S2. The van der Waals surface area contributed by atoms with Gasteiger partial charge in [-0.3, -0.25) is 0 Å². The average Bonchev–Trinajstić information content (AvgIpc) is 2.46. The molecule has 0 amide bonds. The highest BCUT2D eigenvalue weighted by Gasteiger charge is 2.28.